The van der Waals surface area contributed by atoms with Gasteiger partial charge in [0.2, 0.25) is 0 Å². The van der Waals surface area contributed by atoms with Crippen molar-refractivity contribution < 1.29 is 13.2 Å². The van der Waals surface area contributed by atoms with Crippen LogP contribution < -0.4 is 9.46 Å². The molecule has 1 N–H and O–H groups in total. The number of hydrogen-bond donors (Lipinski definition) is 1. The van der Waals surface area contributed by atoms with E-state index < -0.39 is 10.0 Å². The Balaban J connectivity index is 2.30. The molecule has 0 radical (unpaired) electrons. The quantitative estimate of drug-likeness (QED) is 0.883. The van der Waals surface area contributed by atoms with E-state index in [0.717, 1.165) is 5.56 Å². The van der Waals surface area contributed by atoms with Crippen LogP contribution in [0.25, 0.3) is 0 Å². The average molecular weight is 354 g/mol. The van der Waals surface area contributed by atoms with Gasteiger partial charge in [0, 0.05) is 0 Å². The SMILES string of the molecule is COc1ccc(S(=O)(=O)Nc2ccc(C(C)(C)C)cc2Cl)cc1. The van der Waals surface area contributed by atoms with E-state index in [9.17, 15) is 8.42 Å². The summed E-state index contributed by atoms with van der Waals surface area (Å²) in [4.78, 5) is 0.147. The molecule has 0 aliphatic heterocycles. The normalized spacial score (nSPS) is 12.0. The number of methoxy groups -OCH3 is 1. The van der Waals surface area contributed by atoms with Gasteiger partial charge in [-0.15, -0.1) is 0 Å². The van der Waals surface area contributed by atoms with Crippen molar-refractivity contribution in [2.24, 2.45) is 0 Å². The molecule has 6 heteroatoms. The first-order valence-electron chi connectivity index (χ1n) is 7.10. The smallest absolute Gasteiger partial charge is 0.261 e. The molecule has 0 saturated heterocycles. The van der Waals surface area contributed by atoms with Crippen molar-refractivity contribution in [3.05, 3.63) is 53.1 Å². The number of nitrogens with one attached hydrogen (secondary N) is 1. The van der Waals surface area contributed by atoms with Gasteiger partial charge in [-0.05, 0) is 47.4 Å². The number of rotatable bonds is 4. The summed E-state index contributed by atoms with van der Waals surface area (Å²) in [5.41, 5.74) is 1.34. The Bertz CT molecular complexity index is 794. The molecule has 2 rings (SSSR count). The van der Waals surface area contributed by atoms with Crippen molar-refractivity contribution >= 4 is 27.3 Å². The molecule has 4 nitrogen and oxygen atoms in total. The van der Waals surface area contributed by atoms with Crippen LogP contribution in [0.15, 0.2) is 47.4 Å². The predicted octanol–water partition coefficient (Wildman–Crippen LogP) is 4.45. The summed E-state index contributed by atoms with van der Waals surface area (Å²) in [6.45, 7) is 6.21. The average Bonchev–Trinajstić information content (AvgIpc) is 2.48. The lowest BCUT2D eigenvalue weighted by atomic mass is 9.87. The monoisotopic (exact) mass is 353 g/mol. The first-order valence-corrected chi connectivity index (χ1v) is 8.96. The summed E-state index contributed by atoms with van der Waals surface area (Å²) in [6.07, 6.45) is 0. The van der Waals surface area contributed by atoms with Crippen molar-refractivity contribution in [3.63, 3.8) is 0 Å². The van der Waals surface area contributed by atoms with Gasteiger partial charge in [-0.2, -0.15) is 0 Å². The Labute approximate surface area is 142 Å². The molecule has 0 saturated carbocycles. The maximum atomic E-state index is 12.4. The molecule has 0 bridgehead atoms. The fourth-order valence-electron chi connectivity index (χ4n) is 2.02. The second kappa shape index (κ2) is 6.42. The van der Waals surface area contributed by atoms with Crippen molar-refractivity contribution in [2.45, 2.75) is 31.1 Å². The standard InChI is InChI=1S/C17H20ClNO3S/c1-17(2,3)12-5-10-16(15(18)11-12)19-23(20,21)14-8-6-13(22-4)7-9-14/h5-11,19H,1-4H3. The van der Waals surface area contributed by atoms with E-state index >= 15 is 0 Å². The molecule has 23 heavy (non-hydrogen) atoms. The third-order valence-electron chi connectivity index (χ3n) is 3.45. The van der Waals surface area contributed by atoms with Crippen molar-refractivity contribution in [1.29, 1.82) is 0 Å². The van der Waals surface area contributed by atoms with E-state index in [1.54, 1.807) is 24.3 Å². The minimum Gasteiger partial charge on any atom is -0.497 e. The van der Waals surface area contributed by atoms with E-state index in [4.69, 9.17) is 16.3 Å². The summed E-state index contributed by atoms with van der Waals surface area (Å²) in [7, 11) is -2.17. The summed E-state index contributed by atoms with van der Waals surface area (Å²) in [5, 5.41) is 0.370. The molecular formula is C17H20ClNO3S. The molecule has 0 heterocycles. The molecule has 0 amide bonds. The number of halogens is 1. The summed E-state index contributed by atoms with van der Waals surface area (Å²) in [5.74, 6) is 0.594. The molecule has 0 aliphatic carbocycles. The maximum Gasteiger partial charge on any atom is 0.261 e. The van der Waals surface area contributed by atoms with Gasteiger partial charge in [-0.1, -0.05) is 38.4 Å². The van der Waals surface area contributed by atoms with Gasteiger partial charge in [0.05, 0.1) is 22.7 Å². The van der Waals surface area contributed by atoms with Gasteiger partial charge in [0.1, 0.15) is 5.75 Å². The van der Waals surface area contributed by atoms with Crippen LogP contribution in [0.5, 0.6) is 5.75 Å². The van der Waals surface area contributed by atoms with E-state index in [0.29, 0.717) is 16.5 Å². The number of hydrogen-bond acceptors (Lipinski definition) is 3. The second-order valence-electron chi connectivity index (χ2n) is 6.23. The number of anilines is 1. The lowest BCUT2D eigenvalue weighted by Gasteiger charge is -2.20. The first-order chi connectivity index (χ1) is 10.6. The van der Waals surface area contributed by atoms with Gasteiger partial charge in [0.25, 0.3) is 10.0 Å². The zero-order valence-electron chi connectivity index (χ0n) is 13.6. The fourth-order valence-corrected chi connectivity index (χ4v) is 3.39. The molecule has 0 aliphatic rings. The van der Waals surface area contributed by atoms with Gasteiger partial charge in [-0.3, -0.25) is 4.72 Å². The van der Waals surface area contributed by atoms with E-state index in [1.807, 2.05) is 6.07 Å². The van der Waals surface area contributed by atoms with Crippen molar-refractivity contribution in [3.8, 4) is 5.75 Å². The minimum atomic E-state index is -3.70. The highest BCUT2D eigenvalue weighted by Crippen LogP contribution is 2.31. The zero-order chi connectivity index (χ0) is 17.3. The van der Waals surface area contributed by atoms with Crippen LogP contribution in [-0.4, -0.2) is 15.5 Å². The first kappa shape index (κ1) is 17.6. The Kier molecular flexibility index (Phi) is 4.92. The van der Waals surface area contributed by atoms with E-state index in [-0.39, 0.29) is 10.3 Å². The summed E-state index contributed by atoms with van der Waals surface area (Å²) in [6, 6.07) is 11.5. The third kappa shape index (κ3) is 4.18. The van der Waals surface area contributed by atoms with E-state index in [1.165, 1.54) is 19.2 Å². The van der Waals surface area contributed by atoms with Crippen LogP contribution in [0.2, 0.25) is 5.02 Å². The molecule has 0 spiro atoms. The molecular weight excluding hydrogens is 334 g/mol. The summed E-state index contributed by atoms with van der Waals surface area (Å²) >= 11 is 6.23. The number of benzene rings is 2. The Morgan fingerprint density at radius 2 is 1.65 bits per heavy atom. The van der Waals surface area contributed by atoms with Crippen LogP contribution in [0.3, 0.4) is 0 Å². The predicted molar refractivity (Wildman–Crippen MR) is 94.0 cm³/mol. The second-order valence-corrected chi connectivity index (χ2v) is 8.32. The highest BCUT2D eigenvalue weighted by molar-refractivity contribution is 7.92. The molecule has 2 aromatic rings. The lowest BCUT2D eigenvalue weighted by Crippen LogP contribution is -2.14. The van der Waals surface area contributed by atoms with Crippen LogP contribution in [0, 0.1) is 0 Å². The van der Waals surface area contributed by atoms with Crippen LogP contribution >= 0.6 is 11.6 Å². The molecule has 0 atom stereocenters. The van der Waals surface area contributed by atoms with Crippen LogP contribution in [0.4, 0.5) is 5.69 Å². The summed E-state index contributed by atoms with van der Waals surface area (Å²) < 4.78 is 32.4. The largest absolute Gasteiger partial charge is 0.497 e. The Hall–Kier alpha value is -1.72. The van der Waals surface area contributed by atoms with Crippen LogP contribution in [-0.2, 0) is 15.4 Å². The number of sulfonamides is 1. The topological polar surface area (TPSA) is 55.4 Å². The molecule has 0 unspecified atom stereocenters. The van der Waals surface area contributed by atoms with Gasteiger partial charge in [-0.25, -0.2) is 8.42 Å². The van der Waals surface area contributed by atoms with Crippen molar-refractivity contribution in [2.75, 3.05) is 11.8 Å². The fraction of sp³-hybridized carbons (Fsp3) is 0.294. The van der Waals surface area contributed by atoms with Crippen molar-refractivity contribution in [1.82, 2.24) is 0 Å². The van der Waals surface area contributed by atoms with Crippen LogP contribution in [0.1, 0.15) is 26.3 Å². The molecule has 0 aromatic heterocycles. The lowest BCUT2D eigenvalue weighted by molar-refractivity contribution is 0.414. The molecule has 124 valence electrons. The zero-order valence-corrected chi connectivity index (χ0v) is 15.1. The number of ether oxygens (including phenoxy) is 1. The minimum absolute atomic E-state index is 0.0585. The van der Waals surface area contributed by atoms with Gasteiger partial charge < -0.3 is 4.74 Å². The highest BCUT2D eigenvalue weighted by atomic mass is 35.5. The highest BCUT2D eigenvalue weighted by Gasteiger charge is 2.18. The maximum absolute atomic E-state index is 12.4. The third-order valence-corrected chi connectivity index (χ3v) is 5.14. The van der Waals surface area contributed by atoms with Gasteiger partial charge >= 0.3 is 0 Å². The van der Waals surface area contributed by atoms with Gasteiger partial charge in [0.15, 0.2) is 0 Å². The molecule has 0 fully saturated rings. The van der Waals surface area contributed by atoms with E-state index in [2.05, 4.69) is 25.5 Å². The molecule has 2 aromatic carbocycles. The Morgan fingerprint density at radius 3 is 2.13 bits per heavy atom. The Morgan fingerprint density at radius 1 is 1.04 bits per heavy atom.